The van der Waals surface area contributed by atoms with E-state index in [0.29, 0.717) is 0 Å². The smallest absolute Gasteiger partial charge is 0.0248 e. The number of alkyl halides is 1. The molecule has 0 nitrogen and oxygen atoms in total. The molecular formula is C6H11I. The van der Waals surface area contributed by atoms with E-state index in [2.05, 4.69) is 36.4 Å². The van der Waals surface area contributed by atoms with Crippen molar-refractivity contribution in [2.45, 2.75) is 30.1 Å². The zero-order chi connectivity index (χ0) is 5.49. The number of halogens is 1. The molecule has 0 spiro atoms. The molecule has 0 aromatic rings. The molecule has 0 unspecified atom stereocenters. The fraction of sp³-hybridized carbons (Fsp3) is 1.00. The van der Waals surface area contributed by atoms with Crippen LogP contribution in [0.1, 0.15) is 26.7 Å². The highest BCUT2D eigenvalue weighted by Crippen LogP contribution is 2.53. The van der Waals surface area contributed by atoms with E-state index in [1.54, 1.807) is 0 Å². The molecule has 1 aliphatic carbocycles. The summed E-state index contributed by atoms with van der Waals surface area (Å²) in [7, 11) is 0. The van der Waals surface area contributed by atoms with Crippen LogP contribution in [-0.4, -0.2) is 3.42 Å². The van der Waals surface area contributed by atoms with Gasteiger partial charge in [0.1, 0.15) is 0 Å². The minimum Gasteiger partial charge on any atom is -0.0786 e. The lowest BCUT2D eigenvalue weighted by molar-refractivity contribution is 0.801. The van der Waals surface area contributed by atoms with Crippen LogP contribution in [0.5, 0.6) is 0 Å². The van der Waals surface area contributed by atoms with Crippen molar-refractivity contribution >= 4 is 22.6 Å². The molecule has 0 aromatic heterocycles. The van der Waals surface area contributed by atoms with Gasteiger partial charge in [-0.15, -0.1) is 0 Å². The highest BCUT2D eigenvalue weighted by Gasteiger charge is 2.46. The van der Waals surface area contributed by atoms with Gasteiger partial charge in [0.25, 0.3) is 0 Å². The second-order valence-corrected chi connectivity index (χ2v) is 4.64. The average Bonchev–Trinajstić information content (AvgIpc) is 2.18. The zero-order valence-electron chi connectivity index (χ0n) is 4.87. The lowest BCUT2D eigenvalue weighted by Gasteiger charge is -1.98. The summed E-state index contributed by atoms with van der Waals surface area (Å²) >= 11 is 2.58. The van der Waals surface area contributed by atoms with Gasteiger partial charge in [0.05, 0.1) is 0 Å². The van der Waals surface area contributed by atoms with Crippen LogP contribution in [0.3, 0.4) is 0 Å². The van der Waals surface area contributed by atoms with Crippen molar-refractivity contribution in [2.24, 2.45) is 5.92 Å². The van der Waals surface area contributed by atoms with E-state index in [1.807, 2.05) is 0 Å². The van der Waals surface area contributed by atoms with Crippen LogP contribution in [0.15, 0.2) is 0 Å². The second kappa shape index (κ2) is 1.61. The molecule has 42 valence electrons. The largest absolute Gasteiger partial charge is 0.0786 e. The van der Waals surface area contributed by atoms with Crippen molar-refractivity contribution < 1.29 is 0 Å². The summed E-state index contributed by atoms with van der Waals surface area (Å²) in [6, 6.07) is 0. The lowest BCUT2D eigenvalue weighted by Crippen LogP contribution is -1.94. The van der Waals surface area contributed by atoms with Gasteiger partial charge in [0, 0.05) is 3.42 Å². The molecule has 1 aliphatic rings. The van der Waals surface area contributed by atoms with Gasteiger partial charge < -0.3 is 0 Å². The van der Waals surface area contributed by atoms with Crippen LogP contribution < -0.4 is 0 Å². The monoisotopic (exact) mass is 210 g/mol. The van der Waals surface area contributed by atoms with Crippen LogP contribution >= 0.6 is 22.6 Å². The molecule has 2 atom stereocenters. The highest BCUT2D eigenvalue weighted by atomic mass is 127. The molecule has 7 heavy (non-hydrogen) atoms. The Kier molecular flexibility index (Phi) is 1.34. The maximum atomic E-state index is 2.58. The molecule has 0 saturated heterocycles. The summed E-state index contributed by atoms with van der Waals surface area (Å²) in [5.74, 6) is 0.998. The van der Waals surface area contributed by atoms with E-state index in [-0.39, 0.29) is 0 Å². The Morgan fingerprint density at radius 3 is 2.29 bits per heavy atom. The van der Waals surface area contributed by atoms with Crippen molar-refractivity contribution in [1.82, 2.24) is 0 Å². The van der Waals surface area contributed by atoms with Gasteiger partial charge in [-0.25, -0.2) is 0 Å². The molecule has 0 N–H and O–H groups in total. The van der Waals surface area contributed by atoms with Crippen molar-refractivity contribution in [3.05, 3.63) is 0 Å². The van der Waals surface area contributed by atoms with Gasteiger partial charge in [-0.3, -0.25) is 0 Å². The summed E-state index contributed by atoms with van der Waals surface area (Å²) in [5, 5.41) is 0. The minimum absolute atomic E-state index is 0.720. The maximum Gasteiger partial charge on any atom is 0.0248 e. The maximum absolute atomic E-state index is 2.58. The molecule has 0 bridgehead atoms. The number of hydrogen-bond donors (Lipinski definition) is 0. The first-order valence-corrected chi connectivity index (χ1v) is 3.96. The van der Waals surface area contributed by atoms with E-state index in [0.717, 1.165) is 9.34 Å². The van der Waals surface area contributed by atoms with E-state index in [9.17, 15) is 0 Å². The topological polar surface area (TPSA) is 0 Å². The third kappa shape index (κ3) is 0.929. The standard InChI is InChI=1S/C6H11I/c1-3-6(7)4-5(6)2/h5H,3-4H2,1-2H3/t5-,6+/m1/s1. The van der Waals surface area contributed by atoms with Crippen LogP contribution in [0, 0.1) is 5.92 Å². The first-order valence-electron chi connectivity index (χ1n) is 2.88. The normalized spacial score (nSPS) is 49.3. The molecule has 0 radical (unpaired) electrons. The first kappa shape index (κ1) is 5.86. The Hall–Kier alpha value is 0.730. The van der Waals surface area contributed by atoms with E-state index in [1.165, 1.54) is 12.8 Å². The summed E-state index contributed by atoms with van der Waals surface area (Å²) in [4.78, 5) is 0. The van der Waals surface area contributed by atoms with Crippen molar-refractivity contribution in [1.29, 1.82) is 0 Å². The number of hydrogen-bond acceptors (Lipinski definition) is 0. The minimum atomic E-state index is 0.720. The summed E-state index contributed by atoms with van der Waals surface area (Å²) in [6.45, 7) is 4.60. The molecule has 0 heterocycles. The third-order valence-electron chi connectivity index (χ3n) is 1.96. The van der Waals surface area contributed by atoms with Gasteiger partial charge in [-0.2, -0.15) is 0 Å². The molecule has 0 aromatic carbocycles. The summed E-state index contributed by atoms with van der Waals surface area (Å²) in [6.07, 6.45) is 2.80. The molecule has 0 aliphatic heterocycles. The lowest BCUT2D eigenvalue weighted by atomic mass is 10.3. The Labute approximate surface area is 58.8 Å². The predicted molar refractivity (Wildman–Crippen MR) is 40.8 cm³/mol. The van der Waals surface area contributed by atoms with Crippen molar-refractivity contribution in [3.63, 3.8) is 0 Å². The van der Waals surface area contributed by atoms with Gasteiger partial charge in [-0.05, 0) is 18.8 Å². The first-order chi connectivity index (χ1) is 3.19. The Morgan fingerprint density at radius 1 is 1.86 bits per heavy atom. The molecule has 1 fully saturated rings. The zero-order valence-corrected chi connectivity index (χ0v) is 7.03. The highest BCUT2D eigenvalue weighted by molar-refractivity contribution is 14.1. The SMILES string of the molecule is CC[C@]1(I)C[C@H]1C. The molecule has 1 rings (SSSR count). The summed E-state index contributed by atoms with van der Waals surface area (Å²) in [5.41, 5.74) is 0. The van der Waals surface area contributed by atoms with Crippen LogP contribution in [0.2, 0.25) is 0 Å². The van der Waals surface area contributed by atoms with Gasteiger partial charge >= 0.3 is 0 Å². The van der Waals surface area contributed by atoms with Crippen LogP contribution in [0.25, 0.3) is 0 Å². The third-order valence-corrected chi connectivity index (χ3v) is 4.22. The second-order valence-electron chi connectivity index (χ2n) is 2.49. The van der Waals surface area contributed by atoms with Crippen molar-refractivity contribution in [2.75, 3.05) is 0 Å². The number of rotatable bonds is 1. The van der Waals surface area contributed by atoms with Crippen LogP contribution in [-0.2, 0) is 0 Å². The van der Waals surface area contributed by atoms with Gasteiger partial charge in [0.15, 0.2) is 0 Å². The Balaban J connectivity index is 2.36. The Bertz CT molecular complexity index is 76.2. The van der Waals surface area contributed by atoms with Crippen LogP contribution in [0.4, 0.5) is 0 Å². The average molecular weight is 210 g/mol. The van der Waals surface area contributed by atoms with Crippen molar-refractivity contribution in [3.8, 4) is 0 Å². The Morgan fingerprint density at radius 2 is 2.29 bits per heavy atom. The fourth-order valence-electron chi connectivity index (χ4n) is 0.943. The quantitative estimate of drug-likeness (QED) is 0.461. The van der Waals surface area contributed by atoms with E-state index in [4.69, 9.17) is 0 Å². The van der Waals surface area contributed by atoms with Gasteiger partial charge in [-0.1, -0.05) is 36.4 Å². The molecular weight excluding hydrogens is 199 g/mol. The van der Waals surface area contributed by atoms with E-state index >= 15 is 0 Å². The molecule has 1 saturated carbocycles. The predicted octanol–water partition coefficient (Wildman–Crippen LogP) is 2.61. The summed E-state index contributed by atoms with van der Waals surface area (Å²) < 4.78 is 0.720. The molecule has 1 heteroatoms. The fourth-order valence-corrected chi connectivity index (χ4v) is 1.60. The van der Waals surface area contributed by atoms with E-state index < -0.39 is 0 Å². The van der Waals surface area contributed by atoms with Gasteiger partial charge in [0.2, 0.25) is 0 Å². The molecule has 0 amide bonds.